The van der Waals surface area contributed by atoms with Crippen LogP contribution in [0.4, 0.5) is 5.69 Å². The molecule has 1 aliphatic rings. The monoisotopic (exact) mass is 366 g/mol. The van der Waals surface area contributed by atoms with E-state index in [9.17, 15) is 9.59 Å². The third-order valence-corrected chi connectivity index (χ3v) is 3.18. The molecule has 4 N–H and O–H groups in total. The Hall–Kier alpha value is -1.61. The number of nitrogens with zero attached hydrogens (tertiary/aromatic N) is 1. The Morgan fingerprint density at radius 1 is 1.48 bits per heavy atom. The lowest BCUT2D eigenvalue weighted by Gasteiger charge is -2.29. The van der Waals surface area contributed by atoms with Crippen LogP contribution in [0.25, 0.3) is 0 Å². The molecule has 2 heterocycles. The Morgan fingerprint density at radius 3 is 2.74 bits per heavy atom. The number of hydrogen-bond acceptors (Lipinski definition) is 6. The average molecular weight is 367 g/mol. The second kappa shape index (κ2) is 9.51. The zero-order valence-corrected chi connectivity index (χ0v) is 14.3. The third kappa shape index (κ3) is 5.21. The predicted molar refractivity (Wildman–Crippen MR) is 89.6 cm³/mol. The minimum atomic E-state index is -0.678. The molecule has 0 spiro atoms. The summed E-state index contributed by atoms with van der Waals surface area (Å²) in [5.41, 5.74) is 5.73. The first kappa shape index (κ1) is 21.4. The van der Waals surface area contributed by atoms with Gasteiger partial charge in [-0.05, 0) is 13.0 Å². The molecule has 1 aliphatic heterocycles. The summed E-state index contributed by atoms with van der Waals surface area (Å²) in [7, 11) is 1.39. The molecule has 130 valence electrons. The van der Waals surface area contributed by atoms with E-state index < -0.39 is 11.9 Å². The summed E-state index contributed by atoms with van der Waals surface area (Å²) in [5.74, 6) is -0.819. The molecule has 0 radical (unpaired) electrons. The number of anilines is 1. The number of pyridine rings is 1. The normalized spacial score (nSPS) is 19.7. The topological polar surface area (TPSA) is 116 Å². The van der Waals surface area contributed by atoms with E-state index in [2.05, 4.69) is 15.6 Å². The van der Waals surface area contributed by atoms with Crippen molar-refractivity contribution >= 4 is 42.3 Å². The van der Waals surface area contributed by atoms with Crippen molar-refractivity contribution in [2.24, 2.45) is 5.73 Å². The fourth-order valence-corrected chi connectivity index (χ4v) is 2.11. The average Bonchev–Trinajstić information content (AvgIpc) is 2.47. The number of amides is 2. The van der Waals surface area contributed by atoms with Crippen LogP contribution in [0.3, 0.4) is 0 Å². The number of hydrogen-bond donors (Lipinski definition) is 3. The zero-order valence-electron chi connectivity index (χ0n) is 12.7. The lowest BCUT2D eigenvalue weighted by molar-refractivity contribution is -0.123. The Kier molecular flexibility index (Phi) is 8.85. The number of carbonyl (C=O) groups excluding carboxylic acids is 2. The summed E-state index contributed by atoms with van der Waals surface area (Å²) >= 11 is 0. The van der Waals surface area contributed by atoms with Gasteiger partial charge in [-0.1, -0.05) is 0 Å². The van der Waals surface area contributed by atoms with Crippen LogP contribution < -0.4 is 21.1 Å². The molecular formula is C13H20Cl2N4O4. The van der Waals surface area contributed by atoms with Crippen molar-refractivity contribution < 1.29 is 19.1 Å². The highest BCUT2D eigenvalue weighted by atomic mass is 35.5. The Balaban J connectivity index is 0.00000242. The molecule has 0 aromatic carbocycles. The Labute approximate surface area is 146 Å². The molecule has 8 nitrogen and oxygen atoms in total. The fourth-order valence-electron chi connectivity index (χ4n) is 2.11. The molecule has 0 unspecified atom stereocenters. The number of morpholine rings is 1. The molecule has 23 heavy (non-hydrogen) atoms. The second-order valence-electron chi connectivity index (χ2n) is 4.64. The van der Waals surface area contributed by atoms with E-state index in [0.29, 0.717) is 18.8 Å². The standard InChI is InChI=1S/C13H18N4O4.2ClH/c1-7-10(15-3-4-21-7)12(19)17-8-5-9(11(14)18)13(20-2)16-6-8;;/h5-7,10,15H,3-4H2,1-2H3,(H2,14,18)(H,17,19);2*1H/t7-,10+;;/m1../s1. The van der Waals surface area contributed by atoms with Crippen LogP contribution in [-0.2, 0) is 9.53 Å². The first-order valence-electron chi connectivity index (χ1n) is 6.52. The number of ether oxygens (including phenoxy) is 2. The van der Waals surface area contributed by atoms with E-state index in [-0.39, 0.29) is 48.3 Å². The SMILES string of the molecule is COc1ncc(NC(=O)[C@H]2NCCO[C@@H]2C)cc1C(N)=O.Cl.Cl. The molecular weight excluding hydrogens is 347 g/mol. The predicted octanol–water partition coefficient (Wildman–Crippen LogP) is 0.348. The summed E-state index contributed by atoms with van der Waals surface area (Å²) < 4.78 is 10.4. The number of primary amides is 1. The fraction of sp³-hybridized carbons (Fsp3) is 0.462. The lowest BCUT2D eigenvalue weighted by atomic mass is 10.1. The number of aromatic nitrogens is 1. The van der Waals surface area contributed by atoms with Gasteiger partial charge in [0.2, 0.25) is 11.8 Å². The number of nitrogens with two attached hydrogens (primary N) is 1. The summed E-state index contributed by atoms with van der Waals surface area (Å²) in [6.07, 6.45) is 1.16. The first-order chi connectivity index (χ1) is 10.0. The van der Waals surface area contributed by atoms with Crippen molar-refractivity contribution in [2.45, 2.75) is 19.1 Å². The maximum Gasteiger partial charge on any atom is 0.254 e. The highest BCUT2D eigenvalue weighted by Crippen LogP contribution is 2.19. The van der Waals surface area contributed by atoms with Crippen LogP contribution in [-0.4, -0.2) is 49.2 Å². The minimum absolute atomic E-state index is 0. The molecule has 0 aliphatic carbocycles. The summed E-state index contributed by atoms with van der Waals surface area (Å²) in [6, 6.07) is 0.971. The quantitative estimate of drug-likeness (QED) is 0.707. The van der Waals surface area contributed by atoms with Crippen molar-refractivity contribution in [2.75, 3.05) is 25.6 Å². The Morgan fingerprint density at radius 2 is 2.17 bits per heavy atom. The van der Waals surface area contributed by atoms with Crippen LogP contribution in [0.5, 0.6) is 5.88 Å². The van der Waals surface area contributed by atoms with E-state index in [1.807, 2.05) is 6.92 Å². The van der Waals surface area contributed by atoms with Gasteiger partial charge in [0.05, 0.1) is 31.7 Å². The van der Waals surface area contributed by atoms with Crippen LogP contribution in [0.2, 0.25) is 0 Å². The highest BCUT2D eigenvalue weighted by molar-refractivity contribution is 5.99. The van der Waals surface area contributed by atoms with Crippen molar-refractivity contribution in [3.63, 3.8) is 0 Å². The van der Waals surface area contributed by atoms with E-state index in [4.69, 9.17) is 15.2 Å². The van der Waals surface area contributed by atoms with Crippen LogP contribution in [0, 0.1) is 0 Å². The summed E-state index contributed by atoms with van der Waals surface area (Å²) in [4.78, 5) is 27.5. The third-order valence-electron chi connectivity index (χ3n) is 3.18. The van der Waals surface area contributed by atoms with Gasteiger partial charge < -0.3 is 25.8 Å². The van der Waals surface area contributed by atoms with Gasteiger partial charge in [-0.3, -0.25) is 9.59 Å². The number of carbonyl (C=O) groups is 2. The maximum absolute atomic E-state index is 12.2. The highest BCUT2D eigenvalue weighted by Gasteiger charge is 2.28. The minimum Gasteiger partial charge on any atom is -0.480 e. The van der Waals surface area contributed by atoms with Crippen molar-refractivity contribution in [3.05, 3.63) is 17.8 Å². The lowest BCUT2D eigenvalue weighted by Crippen LogP contribution is -2.53. The maximum atomic E-state index is 12.2. The van der Waals surface area contributed by atoms with E-state index in [0.717, 1.165) is 0 Å². The Bertz CT molecular complexity index is 559. The molecule has 0 saturated carbocycles. The van der Waals surface area contributed by atoms with Crippen LogP contribution in [0.15, 0.2) is 12.3 Å². The van der Waals surface area contributed by atoms with Crippen molar-refractivity contribution in [3.8, 4) is 5.88 Å². The van der Waals surface area contributed by atoms with Gasteiger partial charge in [0.1, 0.15) is 11.6 Å². The van der Waals surface area contributed by atoms with E-state index in [1.54, 1.807) is 0 Å². The van der Waals surface area contributed by atoms with Crippen LogP contribution in [0.1, 0.15) is 17.3 Å². The van der Waals surface area contributed by atoms with Gasteiger partial charge in [-0.15, -0.1) is 24.8 Å². The van der Waals surface area contributed by atoms with Gasteiger partial charge in [0, 0.05) is 6.54 Å². The molecule has 2 atom stereocenters. The van der Waals surface area contributed by atoms with Gasteiger partial charge >= 0.3 is 0 Å². The number of methoxy groups -OCH3 is 1. The van der Waals surface area contributed by atoms with Crippen molar-refractivity contribution in [1.29, 1.82) is 0 Å². The largest absolute Gasteiger partial charge is 0.480 e. The molecule has 1 aromatic heterocycles. The summed E-state index contributed by atoms with van der Waals surface area (Å²) in [5, 5.41) is 5.76. The first-order valence-corrected chi connectivity index (χ1v) is 6.52. The van der Waals surface area contributed by atoms with Gasteiger partial charge in [-0.25, -0.2) is 4.98 Å². The van der Waals surface area contributed by atoms with E-state index >= 15 is 0 Å². The number of nitrogens with one attached hydrogen (secondary N) is 2. The second-order valence-corrected chi connectivity index (χ2v) is 4.64. The van der Waals surface area contributed by atoms with Gasteiger partial charge in [0.15, 0.2) is 0 Å². The molecule has 10 heteroatoms. The van der Waals surface area contributed by atoms with E-state index in [1.165, 1.54) is 19.4 Å². The van der Waals surface area contributed by atoms with Crippen LogP contribution >= 0.6 is 24.8 Å². The number of halogens is 2. The molecule has 1 fully saturated rings. The van der Waals surface area contributed by atoms with Gasteiger partial charge in [-0.2, -0.15) is 0 Å². The molecule has 2 rings (SSSR count). The molecule has 1 saturated heterocycles. The van der Waals surface area contributed by atoms with Crippen molar-refractivity contribution in [1.82, 2.24) is 10.3 Å². The van der Waals surface area contributed by atoms with Gasteiger partial charge in [0.25, 0.3) is 5.91 Å². The summed E-state index contributed by atoms with van der Waals surface area (Å²) in [6.45, 7) is 2.99. The number of rotatable bonds is 4. The smallest absolute Gasteiger partial charge is 0.254 e. The molecule has 2 amide bonds. The zero-order chi connectivity index (χ0) is 15.4. The molecule has 0 bridgehead atoms. The molecule has 1 aromatic rings.